The van der Waals surface area contributed by atoms with Crippen LogP contribution < -0.4 is 0 Å². The third-order valence-electron chi connectivity index (χ3n) is 1.70. The Balaban J connectivity index is 4.44. The molecule has 5 nitrogen and oxygen atoms in total. The number of carbonyl (C=O) groups excluding carboxylic acids is 1. The highest BCUT2D eigenvalue weighted by atomic mass is 19.4. The van der Waals surface area contributed by atoms with Gasteiger partial charge in [-0.2, -0.15) is 0 Å². The second kappa shape index (κ2) is 6.59. The number of rotatable bonds is 6. The molecule has 0 saturated heterocycles. The summed E-state index contributed by atoms with van der Waals surface area (Å²) in [6.07, 6.45) is -12.6. The van der Waals surface area contributed by atoms with Crippen LogP contribution in [0.15, 0.2) is 0 Å². The Morgan fingerprint density at radius 1 is 1.05 bits per heavy atom. The van der Waals surface area contributed by atoms with Crippen LogP contribution in [0.1, 0.15) is 13.8 Å². The van der Waals surface area contributed by atoms with E-state index in [2.05, 4.69) is 14.2 Å². The van der Waals surface area contributed by atoms with Gasteiger partial charge >= 0.3 is 18.7 Å². The van der Waals surface area contributed by atoms with Gasteiger partial charge in [-0.25, -0.2) is 4.79 Å². The summed E-state index contributed by atoms with van der Waals surface area (Å²) in [5.74, 6) is -1.67. The van der Waals surface area contributed by atoms with Gasteiger partial charge < -0.3 is 9.84 Å². The first-order valence-electron chi connectivity index (χ1n) is 5.06. The molecule has 0 aromatic heterocycles. The highest BCUT2D eigenvalue weighted by Gasteiger charge is 2.45. The van der Waals surface area contributed by atoms with Gasteiger partial charge in [0, 0.05) is 0 Å². The fourth-order valence-electron chi connectivity index (χ4n) is 0.990. The van der Waals surface area contributed by atoms with Gasteiger partial charge in [0.15, 0.2) is 6.10 Å². The first-order chi connectivity index (χ1) is 8.72. The van der Waals surface area contributed by atoms with Crippen molar-refractivity contribution in [1.82, 2.24) is 0 Å². The summed E-state index contributed by atoms with van der Waals surface area (Å²) >= 11 is 0. The smallest absolute Gasteiger partial charge is 0.461 e. The van der Waals surface area contributed by atoms with Crippen LogP contribution in [0.5, 0.6) is 0 Å². The molecule has 0 radical (unpaired) electrons. The molecule has 0 fully saturated rings. The number of ether oxygens (including phenoxy) is 3. The van der Waals surface area contributed by atoms with Crippen molar-refractivity contribution in [2.45, 2.75) is 38.3 Å². The van der Waals surface area contributed by atoms with Crippen LogP contribution in [0.4, 0.5) is 26.3 Å². The maximum absolute atomic E-state index is 12.0. The number of hydrogen-bond donors (Lipinski definition) is 1. The molecular weight excluding hydrogens is 302 g/mol. The maximum Gasteiger partial charge on any atom is 0.523 e. The largest absolute Gasteiger partial charge is 0.523 e. The predicted molar refractivity (Wildman–Crippen MR) is 50.2 cm³/mol. The fourth-order valence-corrected chi connectivity index (χ4v) is 0.990. The summed E-state index contributed by atoms with van der Waals surface area (Å²) in [4.78, 5) is 11.2. The predicted octanol–water partition coefficient (Wildman–Crippen LogP) is 1.74. The molecule has 0 aromatic carbocycles. The molecule has 1 atom stereocenters. The Morgan fingerprint density at radius 2 is 1.55 bits per heavy atom. The van der Waals surface area contributed by atoms with Crippen LogP contribution in [0.2, 0.25) is 0 Å². The van der Waals surface area contributed by atoms with Crippen molar-refractivity contribution in [1.29, 1.82) is 0 Å². The summed E-state index contributed by atoms with van der Waals surface area (Å²) in [5.41, 5.74) is -2.25. The quantitative estimate of drug-likeness (QED) is 0.460. The van der Waals surface area contributed by atoms with Gasteiger partial charge in [-0.3, -0.25) is 9.47 Å². The first-order valence-corrected chi connectivity index (χ1v) is 5.06. The van der Waals surface area contributed by atoms with Crippen molar-refractivity contribution in [3.8, 4) is 0 Å². The lowest BCUT2D eigenvalue weighted by Gasteiger charge is -2.27. The lowest BCUT2D eigenvalue weighted by atomic mass is 10.0. The molecule has 0 heterocycles. The Hall–Kier alpha value is -1.07. The minimum absolute atomic E-state index is 0.844. The second-order valence-electron chi connectivity index (χ2n) is 4.06. The molecule has 0 bridgehead atoms. The summed E-state index contributed by atoms with van der Waals surface area (Å²) in [7, 11) is 0. The van der Waals surface area contributed by atoms with Crippen LogP contribution in [0, 0.1) is 0 Å². The summed E-state index contributed by atoms with van der Waals surface area (Å²) in [5, 5.41) is 9.36. The highest BCUT2D eigenvalue weighted by Crippen LogP contribution is 2.25. The van der Waals surface area contributed by atoms with Gasteiger partial charge in [-0.1, -0.05) is 0 Å². The molecule has 0 aliphatic rings. The molecule has 11 heteroatoms. The van der Waals surface area contributed by atoms with Crippen molar-refractivity contribution < 1.29 is 50.5 Å². The van der Waals surface area contributed by atoms with Gasteiger partial charge in [0.1, 0.15) is 6.61 Å². The zero-order chi connectivity index (χ0) is 16.2. The number of aliphatic hydroxyl groups is 1. The number of alkyl halides is 6. The second-order valence-corrected chi connectivity index (χ2v) is 4.06. The van der Waals surface area contributed by atoms with Crippen molar-refractivity contribution in [2.24, 2.45) is 0 Å². The molecular formula is C9H12F6O5. The van der Waals surface area contributed by atoms with E-state index in [1.54, 1.807) is 0 Å². The Morgan fingerprint density at radius 3 is 1.90 bits per heavy atom. The monoisotopic (exact) mass is 314 g/mol. The van der Waals surface area contributed by atoms with E-state index >= 15 is 0 Å². The molecule has 0 rings (SSSR count). The molecule has 120 valence electrons. The topological polar surface area (TPSA) is 65.0 Å². The van der Waals surface area contributed by atoms with E-state index < -0.39 is 43.6 Å². The standard InChI is InChI=1S/C9H12F6O5/c1-7(2,17)5(20-9(13,14)15)6(16)18-3-4-19-8(10,11)12/h5,17H,3-4H2,1-2H3. The zero-order valence-corrected chi connectivity index (χ0v) is 10.3. The Labute approximate surface area is 109 Å². The lowest BCUT2D eigenvalue weighted by molar-refractivity contribution is -0.354. The number of esters is 1. The highest BCUT2D eigenvalue weighted by molar-refractivity contribution is 5.76. The molecule has 0 saturated carbocycles. The Kier molecular flexibility index (Phi) is 6.24. The zero-order valence-electron chi connectivity index (χ0n) is 10.3. The van der Waals surface area contributed by atoms with Crippen LogP contribution in [0.3, 0.4) is 0 Å². The molecule has 0 aromatic rings. The van der Waals surface area contributed by atoms with Crippen LogP contribution in [-0.4, -0.2) is 48.7 Å². The van der Waals surface area contributed by atoms with E-state index in [-0.39, 0.29) is 0 Å². The van der Waals surface area contributed by atoms with E-state index in [0.717, 1.165) is 13.8 Å². The number of carbonyl (C=O) groups is 1. The Bertz CT molecular complexity index is 318. The van der Waals surface area contributed by atoms with Gasteiger partial charge in [0.2, 0.25) is 0 Å². The van der Waals surface area contributed by atoms with E-state index in [4.69, 9.17) is 0 Å². The molecule has 0 spiro atoms. The maximum atomic E-state index is 12.0. The minimum Gasteiger partial charge on any atom is -0.461 e. The van der Waals surface area contributed by atoms with Crippen LogP contribution in [0.25, 0.3) is 0 Å². The van der Waals surface area contributed by atoms with E-state index in [9.17, 15) is 36.2 Å². The van der Waals surface area contributed by atoms with Crippen molar-refractivity contribution in [2.75, 3.05) is 13.2 Å². The summed E-state index contributed by atoms with van der Waals surface area (Å²) in [6.45, 7) is -0.361. The normalized spacial score (nSPS) is 15.1. The average Bonchev–Trinajstić information content (AvgIpc) is 2.16. The van der Waals surface area contributed by atoms with Crippen molar-refractivity contribution in [3.63, 3.8) is 0 Å². The fraction of sp³-hybridized carbons (Fsp3) is 0.889. The van der Waals surface area contributed by atoms with Gasteiger partial charge in [-0.05, 0) is 13.8 Å². The van der Waals surface area contributed by atoms with Gasteiger partial charge in [0.25, 0.3) is 0 Å². The van der Waals surface area contributed by atoms with E-state index in [1.165, 1.54) is 0 Å². The lowest BCUT2D eigenvalue weighted by Crippen LogP contribution is -2.48. The molecule has 1 N–H and O–H groups in total. The first kappa shape index (κ1) is 18.9. The van der Waals surface area contributed by atoms with E-state index in [1.807, 2.05) is 0 Å². The van der Waals surface area contributed by atoms with Crippen LogP contribution >= 0.6 is 0 Å². The number of halogens is 6. The van der Waals surface area contributed by atoms with Crippen molar-refractivity contribution >= 4 is 5.97 Å². The van der Waals surface area contributed by atoms with Gasteiger partial charge in [-0.15, -0.1) is 26.3 Å². The van der Waals surface area contributed by atoms with E-state index in [0.29, 0.717) is 0 Å². The van der Waals surface area contributed by atoms with Gasteiger partial charge in [0.05, 0.1) is 12.2 Å². The number of hydrogen-bond acceptors (Lipinski definition) is 5. The summed E-state index contributed by atoms with van der Waals surface area (Å²) in [6, 6.07) is 0. The van der Waals surface area contributed by atoms with Crippen LogP contribution in [-0.2, 0) is 19.0 Å². The molecule has 0 aliphatic carbocycles. The third-order valence-corrected chi connectivity index (χ3v) is 1.70. The van der Waals surface area contributed by atoms with Crippen molar-refractivity contribution in [3.05, 3.63) is 0 Å². The average molecular weight is 314 g/mol. The minimum atomic E-state index is -5.23. The molecule has 0 aliphatic heterocycles. The summed E-state index contributed by atoms with van der Waals surface area (Å²) < 4.78 is 81.5. The SMILES string of the molecule is CC(C)(O)C(OC(F)(F)F)C(=O)OCCOC(F)(F)F. The molecule has 1 unspecified atom stereocenters. The molecule has 20 heavy (non-hydrogen) atoms. The molecule has 0 amide bonds. The third kappa shape index (κ3) is 8.93.